The summed E-state index contributed by atoms with van der Waals surface area (Å²) in [6.07, 6.45) is -0.221. The molecule has 1 N–H and O–H groups in total. The molecule has 2 aromatic rings. The van der Waals surface area contributed by atoms with Gasteiger partial charge in [-0.25, -0.2) is 9.18 Å². The second-order valence-electron chi connectivity index (χ2n) is 5.40. The Morgan fingerprint density at radius 1 is 1.08 bits per heavy atom. The van der Waals surface area contributed by atoms with Crippen molar-refractivity contribution >= 4 is 11.9 Å². The van der Waals surface area contributed by atoms with Gasteiger partial charge >= 0.3 is 5.97 Å². The molecule has 0 bridgehead atoms. The highest BCUT2D eigenvalue weighted by Crippen LogP contribution is 2.11. The second-order valence-corrected chi connectivity index (χ2v) is 5.40. The second kappa shape index (κ2) is 9.42. The number of nitrogens with one attached hydrogen (secondary N) is 1. The van der Waals surface area contributed by atoms with Crippen molar-refractivity contribution in [3.63, 3.8) is 0 Å². The van der Waals surface area contributed by atoms with Gasteiger partial charge in [-0.3, -0.25) is 4.79 Å². The van der Waals surface area contributed by atoms with Crippen LogP contribution in [0.1, 0.15) is 12.5 Å². The van der Waals surface area contributed by atoms with E-state index in [1.807, 2.05) is 30.3 Å². The maximum absolute atomic E-state index is 12.8. The summed E-state index contributed by atoms with van der Waals surface area (Å²) in [5, 5.41) is 2.72. The van der Waals surface area contributed by atoms with Crippen LogP contribution in [0.4, 0.5) is 4.39 Å². The van der Waals surface area contributed by atoms with Crippen molar-refractivity contribution in [2.45, 2.75) is 19.4 Å². The monoisotopic (exact) mass is 345 g/mol. The van der Waals surface area contributed by atoms with Crippen molar-refractivity contribution in [3.05, 3.63) is 66.0 Å². The van der Waals surface area contributed by atoms with Gasteiger partial charge in [-0.1, -0.05) is 30.3 Å². The SMILES string of the molecule is C[C@@H](OC(=O)COc1ccc(F)cc1)C(=O)NCCc1ccccc1. The molecule has 0 aliphatic carbocycles. The fourth-order valence-corrected chi connectivity index (χ4v) is 2.08. The standard InChI is InChI=1S/C19H20FNO4/c1-14(19(23)21-12-11-15-5-3-2-4-6-15)25-18(22)13-24-17-9-7-16(20)8-10-17/h2-10,14H,11-13H2,1H3,(H,21,23)/t14-/m1/s1. The van der Waals surface area contributed by atoms with E-state index in [0.717, 1.165) is 5.56 Å². The smallest absolute Gasteiger partial charge is 0.344 e. The molecule has 0 heterocycles. The molecule has 0 fully saturated rings. The lowest BCUT2D eigenvalue weighted by molar-refractivity contribution is -0.156. The summed E-state index contributed by atoms with van der Waals surface area (Å²) >= 11 is 0. The average molecular weight is 345 g/mol. The molecule has 0 radical (unpaired) electrons. The molecule has 0 saturated heterocycles. The van der Waals surface area contributed by atoms with Gasteiger partial charge in [0.2, 0.25) is 0 Å². The molecule has 5 nitrogen and oxygen atoms in total. The summed E-state index contributed by atoms with van der Waals surface area (Å²) in [5.41, 5.74) is 1.11. The van der Waals surface area contributed by atoms with Crippen molar-refractivity contribution in [3.8, 4) is 5.75 Å². The molecule has 1 atom stereocenters. The Hall–Kier alpha value is -2.89. The molecule has 0 aliphatic heterocycles. The quantitative estimate of drug-likeness (QED) is 0.747. The van der Waals surface area contributed by atoms with Crippen LogP contribution in [-0.2, 0) is 20.7 Å². The predicted octanol–water partition coefficient (Wildman–Crippen LogP) is 2.50. The van der Waals surface area contributed by atoms with Crippen LogP contribution in [0.2, 0.25) is 0 Å². The zero-order valence-corrected chi connectivity index (χ0v) is 13.9. The van der Waals surface area contributed by atoms with E-state index in [4.69, 9.17) is 9.47 Å². The number of carbonyl (C=O) groups excluding carboxylic acids is 2. The summed E-state index contributed by atoms with van der Waals surface area (Å²) < 4.78 is 22.9. The van der Waals surface area contributed by atoms with Crippen LogP contribution in [0.25, 0.3) is 0 Å². The number of esters is 1. The first kappa shape index (κ1) is 18.4. The van der Waals surface area contributed by atoms with E-state index in [1.54, 1.807) is 0 Å². The summed E-state index contributed by atoms with van der Waals surface area (Å²) in [5.74, 6) is -1.09. The largest absolute Gasteiger partial charge is 0.482 e. The Labute approximate surface area is 145 Å². The van der Waals surface area contributed by atoms with E-state index < -0.39 is 17.9 Å². The van der Waals surface area contributed by atoms with Crippen LogP contribution in [0.3, 0.4) is 0 Å². The van der Waals surface area contributed by atoms with Crippen LogP contribution in [-0.4, -0.2) is 31.1 Å². The van der Waals surface area contributed by atoms with Crippen molar-refractivity contribution in [1.29, 1.82) is 0 Å². The van der Waals surface area contributed by atoms with Crippen LogP contribution < -0.4 is 10.1 Å². The van der Waals surface area contributed by atoms with Crippen LogP contribution in [0.15, 0.2) is 54.6 Å². The minimum atomic E-state index is -0.917. The summed E-state index contributed by atoms with van der Waals surface area (Å²) in [6.45, 7) is 1.59. The molecule has 0 unspecified atom stereocenters. The Kier molecular flexibility index (Phi) is 6.95. The fraction of sp³-hybridized carbons (Fsp3) is 0.263. The highest BCUT2D eigenvalue weighted by molar-refractivity contribution is 5.83. The molecule has 0 aromatic heterocycles. The third-order valence-electron chi connectivity index (χ3n) is 3.40. The molecular formula is C19H20FNO4. The number of rotatable bonds is 8. The number of hydrogen-bond acceptors (Lipinski definition) is 4. The van der Waals surface area contributed by atoms with Crippen molar-refractivity contribution in [1.82, 2.24) is 5.32 Å². The molecular weight excluding hydrogens is 325 g/mol. The van der Waals surface area contributed by atoms with E-state index in [2.05, 4.69) is 5.32 Å². The molecule has 0 spiro atoms. The number of halogens is 1. The van der Waals surface area contributed by atoms with E-state index in [1.165, 1.54) is 31.2 Å². The maximum Gasteiger partial charge on any atom is 0.344 e. The van der Waals surface area contributed by atoms with Gasteiger partial charge in [0.05, 0.1) is 0 Å². The molecule has 2 aromatic carbocycles. The van der Waals surface area contributed by atoms with E-state index >= 15 is 0 Å². The van der Waals surface area contributed by atoms with Gasteiger partial charge in [0.25, 0.3) is 5.91 Å². The lowest BCUT2D eigenvalue weighted by Gasteiger charge is -2.14. The number of carbonyl (C=O) groups is 2. The third kappa shape index (κ3) is 6.63. The van der Waals surface area contributed by atoms with E-state index in [-0.39, 0.29) is 12.5 Å². The molecule has 0 saturated carbocycles. The number of benzene rings is 2. The summed E-state index contributed by atoms with van der Waals surface area (Å²) in [6, 6.07) is 15.0. The van der Waals surface area contributed by atoms with Crippen LogP contribution >= 0.6 is 0 Å². The Morgan fingerprint density at radius 3 is 2.44 bits per heavy atom. The topological polar surface area (TPSA) is 64.6 Å². The summed E-state index contributed by atoms with van der Waals surface area (Å²) in [4.78, 5) is 23.6. The van der Waals surface area contributed by atoms with Gasteiger partial charge in [0.15, 0.2) is 12.7 Å². The number of hydrogen-bond donors (Lipinski definition) is 1. The lowest BCUT2D eigenvalue weighted by atomic mass is 10.1. The maximum atomic E-state index is 12.8. The van der Waals surface area contributed by atoms with Gasteiger partial charge in [-0.15, -0.1) is 0 Å². The molecule has 1 amide bonds. The van der Waals surface area contributed by atoms with E-state index in [0.29, 0.717) is 18.7 Å². The Bertz CT molecular complexity index is 688. The average Bonchev–Trinajstić information content (AvgIpc) is 2.62. The first-order chi connectivity index (χ1) is 12.0. The van der Waals surface area contributed by atoms with Crippen molar-refractivity contribution in [2.75, 3.05) is 13.2 Å². The minimum Gasteiger partial charge on any atom is -0.482 e. The van der Waals surface area contributed by atoms with Gasteiger partial charge in [-0.05, 0) is 43.2 Å². The number of amides is 1. The lowest BCUT2D eigenvalue weighted by Crippen LogP contribution is -2.37. The van der Waals surface area contributed by atoms with E-state index in [9.17, 15) is 14.0 Å². The zero-order chi connectivity index (χ0) is 18.1. The summed E-state index contributed by atoms with van der Waals surface area (Å²) in [7, 11) is 0. The molecule has 25 heavy (non-hydrogen) atoms. The highest BCUT2D eigenvalue weighted by Gasteiger charge is 2.17. The molecule has 2 rings (SSSR count). The normalized spacial score (nSPS) is 11.4. The first-order valence-corrected chi connectivity index (χ1v) is 7.94. The Morgan fingerprint density at radius 2 is 1.76 bits per heavy atom. The Balaban J connectivity index is 1.67. The van der Waals surface area contributed by atoms with Gasteiger partial charge in [-0.2, -0.15) is 0 Å². The van der Waals surface area contributed by atoms with Gasteiger partial charge < -0.3 is 14.8 Å². The predicted molar refractivity (Wildman–Crippen MR) is 90.6 cm³/mol. The first-order valence-electron chi connectivity index (χ1n) is 7.94. The molecule has 132 valence electrons. The minimum absolute atomic E-state index is 0.346. The highest BCUT2D eigenvalue weighted by atomic mass is 19.1. The molecule has 0 aliphatic rings. The van der Waals surface area contributed by atoms with Gasteiger partial charge in [0, 0.05) is 6.54 Å². The zero-order valence-electron chi connectivity index (χ0n) is 13.9. The fourth-order valence-electron chi connectivity index (χ4n) is 2.08. The molecule has 6 heteroatoms. The van der Waals surface area contributed by atoms with Crippen LogP contribution in [0.5, 0.6) is 5.75 Å². The van der Waals surface area contributed by atoms with Crippen molar-refractivity contribution in [2.24, 2.45) is 0 Å². The van der Waals surface area contributed by atoms with Gasteiger partial charge in [0.1, 0.15) is 11.6 Å². The number of ether oxygens (including phenoxy) is 2. The van der Waals surface area contributed by atoms with Crippen molar-refractivity contribution < 1.29 is 23.5 Å². The van der Waals surface area contributed by atoms with Crippen LogP contribution in [0, 0.1) is 5.82 Å². The third-order valence-corrected chi connectivity index (χ3v) is 3.40.